The lowest BCUT2D eigenvalue weighted by molar-refractivity contribution is 0.438. The van der Waals surface area contributed by atoms with Gasteiger partial charge in [0.25, 0.3) is 0 Å². The van der Waals surface area contributed by atoms with Crippen molar-refractivity contribution in [3.8, 4) is 11.5 Å². The number of hydrogen-bond acceptors (Lipinski definition) is 2. The van der Waals surface area contributed by atoms with Gasteiger partial charge in [0.15, 0.2) is 11.6 Å². The first-order valence-corrected chi connectivity index (χ1v) is 7.87. The van der Waals surface area contributed by atoms with E-state index in [1.54, 1.807) is 12.1 Å². The van der Waals surface area contributed by atoms with E-state index < -0.39 is 0 Å². The van der Waals surface area contributed by atoms with Gasteiger partial charge in [-0.2, -0.15) is 0 Å². The zero-order chi connectivity index (χ0) is 14.8. The predicted molar refractivity (Wildman–Crippen MR) is 85.2 cm³/mol. The molecule has 2 aromatic rings. The lowest BCUT2D eigenvalue weighted by atomic mass is 10.2. The molecule has 0 aliphatic heterocycles. The van der Waals surface area contributed by atoms with Crippen LogP contribution in [0.4, 0.5) is 4.39 Å². The highest BCUT2D eigenvalue weighted by atomic mass is 79.9. The van der Waals surface area contributed by atoms with Crippen molar-refractivity contribution < 1.29 is 9.13 Å². The summed E-state index contributed by atoms with van der Waals surface area (Å²) < 4.78 is 20.8. The molecule has 3 rings (SSSR count). The van der Waals surface area contributed by atoms with Crippen LogP contribution in [0.1, 0.15) is 24.0 Å². The van der Waals surface area contributed by atoms with Crippen LogP contribution in [0.5, 0.6) is 11.5 Å². The molecule has 2 aromatic carbocycles. The molecule has 0 atom stereocenters. The Bertz CT molecular complexity index is 655. The highest BCUT2D eigenvalue weighted by Crippen LogP contribution is 2.29. The summed E-state index contributed by atoms with van der Waals surface area (Å²) in [4.78, 5) is 0. The lowest BCUT2D eigenvalue weighted by Gasteiger charge is -2.11. The second-order valence-electron chi connectivity index (χ2n) is 5.43. The van der Waals surface area contributed by atoms with Crippen molar-refractivity contribution in [2.24, 2.45) is 0 Å². The van der Waals surface area contributed by atoms with Crippen LogP contribution >= 0.6 is 15.9 Å². The first-order valence-electron chi connectivity index (χ1n) is 7.07. The van der Waals surface area contributed by atoms with Crippen molar-refractivity contribution in [1.82, 2.24) is 5.32 Å². The van der Waals surface area contributed by atoms with Gasteiger partial charge in [-0.3, -0.25) is 0 Å². The maximum atomic E-state index is 14.1. The molecule has 0 unspecified atom stereocenters. The molecule has 1 aliphatic rings. The molecular weight excluding hydrogens is 333 g/mol. The predicted octanol–water partition coefficient (Wildman–Crippen LogP) is 4.94. The third kappa shape index (κ3) is 3.83. The molecule has 2 nitrogen and oxygen atoms in total. The van der Waals surface area contributed by atoms with E-state index in [4.69, 9.17) is 4.74 Å². The first kappa shape index (κ1) is 14.5. The van der Waals surface area contributed by atoms with Crippen LogP contribution in [-0.2, 0) is 6.54 Å². The minimum absolute atomic E-state index is 0.260. The number of rotatable bonds is 5. The molecule has 0 aromatic heterocycles. The van der Waals surface area contributed by atoms with Gasteiger partial charge in [0.1, 0.15) is 5.75 Å². The molecule has 1 fully saturated rings. The summed E-state index contributed by atoms with van der Waals surface area (Å²) in [5.41, 5.74) is 1.91. The Morgan fingerprint density at radius 1 is 1.19 bits per heavy atom. The number of aryl methyl sites for hydroxylation is 1. The van der Waals surface area contributed by atoms with E-state index in [-0.39, 0.29) is 11.6 Å². The molecule has 0 saturated heterocycles. The van der Waals surface area contributed by atoms with Gasteiger partial charge in [-0.25, -0.2) is 4.39 Å². The largest absolute Gasteiger partial charge is 0.454 e. The van der Waals surface area contributed by atoms with Gasteiger partial charge in [-0.05, 0) is 61.2 Å². The fraction of sp³-hybridized carbons (Fsp3) is 0.294. The van der Waals surface area contributed by atoms with Crippen LogP contribution in [0.25, 0.3) is 0 Å². The van der Waals surface area contributed by atoms with Crippen molar-refractivity contribution in [2.75, 3.05) is 0 Å². The van der Waals surface area contributed by atoms with E-state index in [0.717, 1.165) is 15.6 Å². The van der Waals surface area contributed by atoms with E-state index in [0.29, 0.717) is 18.3 Å². The van der Waals surface area contributed by atoms with Crippen LogP contribution in [-0.4, -0.2) is 6.04 Å². The average Bonchev–Trinajstić information content (AvgIpc) is 3.26. The second-order valence-corrected chi connectivity index (χ2v) is 6.35. The van der Waals surface area contributed by atoms with Gasteiger partial charge < -0.3 is 10.1 Å². The Hall–Kier alpha value is -1.39. The van der Waals surface area contributed by atoms with E-state index in [9.17, 15) is 4.39 Å². The number of ether oxygens (including phenoxy) is 1. The maximum Gasteiger partial charge on any atom is 0.166 e. The molecule has 0 bridgehead atoms. The lowest BCUT2D eigenvalue weighted by Crippen LogP contribution is -2.15. The van der Waals surface area contributed by atoms with Crippen LogP contribution in [0.3, 0.4) is 0 Å². The average molecular weight is 350 g/mol. The second kappa shape index (κ2) is 6.16. The SMILES string of the molecule is Cc1cc(Br)ccc1Oc1ccc(CNC2CC2)cc1F. The molecule has 110 valence electrons. The number of benzene rings is 2. The maximum absolute atomic E-state index is 14.1. The Morgan fingerprint density at radius 3 is 2.62 bits per heavy atom. The fourth-order valence-electron chi connectivity index (χ4n) is 2.13. The molecule has 21 heavy (non-hydrogen) atoms. The normalized spacial score (nSPS) is 14.2. The molecule has 1 saturated carbocycles. The Kier molecular flexibility index (Phi) is 4.27. The number of nitrogens with one attached hydrogen (secondary N) is 1. The third-order valence-corrected chi connectivity index (χ3v) is 4.02. The van der Waals surface area contributed by atoms with Crippen molar-refractivity contribution in [1.29, 1.82) is 0 Å². The molecular formula is C17H17BrFNO. The highest BCUT2D eigenvalue weighted by Gasteiger charge is 2.20. The molecule has 1 N–H and O–H groups in total. The first-order chi connectivity index (χ1) is 10.1. The topological polar surface area (TPSA) is 21.3 Å². The highest BCUT2D eigenvalue weighted by molar-refractivity contribution is 9.10. The van der Waals surface area contributed by atoms with E-state index in [1.165, 1.54) is 12.8 Å². The molecule has 0 spiro atoms. The summed E-state index contributed by atoms with van der Waals surface area (Å²) >= 11 is 3.40. The summed E-state index contributed by atoms with van der Waals surface area (Å²) in [7, 11) is 0. The third-order valence-electron chi connectivity index (χ3n) is 3.53. The summed E-state index contributed by atoms with van der Waals surface area (Å²) in [5.74, 6) is 0.601. The fourth-order valence-corrected chi connectivity index (χ4v) is 2.61. The quantitative estimate of drug-likeness (QED) is 0.825. The van der Waals surface area contributed by atoms with Gasteiger partial charge in [0.05, 0.1) is 0 Å². The van der Waals surface area contributed by atoms with E-state index >= 15 is 0 Å². The van der Waals surface area contributed by atoms with Crippen molar-refractivity contribution in [2.45, 2.75) is 32.4 Å². The van der Waals surface area contributed by atoms with Crippen molar-refractivity contribution in [3.05, 3.63) is 57.8 Å². The van der Waals surface area contributed by atoms with Crippen molar-refractivity contribution >= 4 is 15.9 Å². The minimum atomic E-state index is -0.326. The van der Waals surface area contributed by atoms with E-state index in [2.05, 4.69) is 21.2 Å². The Morgan fingerprint density at radius 2 is 1.95 bits per heavy atom. The number of hydrogen-bond donors (Lipinski definition) is 1. The monoisotopic (exact) mass is 349 g/mol. The van der Waals surface area contributed by atoms with Gasteiger partial charge in [-0.1, -0.05) is 22.0 Å². The standard InChI is InChI=1S/C17H17BrFNO/c1-11-8-13(18)3-7-16(11)21-17-6-2-12(9-15(17)19)10-20-14-4-5-14/h2-3,6-9,14,20H,4-5,10H2,1H3. The summed E-state index contributed by atoms with van der Waals surface area (Å²) in [5, 5.41) is 3.37. The zero-order valence-corrected chi connectivity index (χ0v) is 13.4. The molecule has 0 amide bonds. The summed E-state index contributed by atoms with van der Waals surface area (Å²) in [6.07, 6.45) is 2.46. The Labute approximate surface area is 132 Å². The van der Waals surface area contributed by atoms with Crippen LogP contribution in [0.15, 0.2) is 40.9 Å². The molecule has 4 heteroatoms. The van der Waals surface area contributed by atoms with E-state index in [1.807, 2.05) is 31.2 Å². The smallest absolute Gasteiger partial charge is 0.166 e. The summed E-state index contributed by atoms with van der Waals surface area (Å²) in [6, 6.07) is 11.4. The van der Waals surface area contributed by atoms with Gasteiger partial charge in [0, 0.05) is 17.1 Å². The van der Waals surface area contributed by atoms with Gasteiger partial charge >= 0.3 is 0 Å². The van der Waals surface area contributed by atoms with Gasteiger partial charge in [0.2, 0.25) is 0 Å². The van der Waals surface area contributed by atoms with Crippen LogP contribution in [0.2, 0.25) is 0 Å². The zero-order valence-electron chi connectivity index (χ0n) is 11.8. The van der Waals surface area contributed by atoms with Crippen LogP contribution in [0, 0.1) is 12.7 Å². The van der Waals surface area contributed by atoms with Crippen LogP contribution < -0.4 is 10.1 Å². The minimum Gasteiger partial charge on any atom is -0.454 e. The van der Waals surface area contributed by atoms with Crippen molar-refractivity contribution in [3.63, 3.8) is 0 Å². The summed E-state index contributed by atoms with van der Waals surface area (Å²) in [6.45, 7) is 2.64. The molecule has 0 heterocycles. The Balaban J connectivity index is 1.72. The number of halogens is 2. The molecule has 0 radical (unpaired) electrons. The molecule has 1 aliphatic carbocycles. The van der Waals surface area contributed by atoms with Gasteiger partial charge in [-0.15, -0.1) is 0 Å².